The van der Waals surface area contributed by atoms with E-state index < -0.39 is 5.82 Å². The van der Waals surface area contributed by atoms with Crippen LogP contribution in [0.3, 0.4) is 0 Å². The van der Waals surface area contributed by atoms with Gasteiger partial charge in [0.05, 0.1) is 18.2 Å². The SMILES string of the molecule is CCOc1c(F)c(-c2cc(C)cc(C)c2)nn1CCOc1ccc(-c2ccc(C)c(C)c2)cc1Cl. The highest BCUT2D eigenvalue weighted by Gasteiger charge is 2.21. The highest BCUT2D eigenvalue weighted by molar-refractivity contribution is 6.32. The van der Waals surface area contributed by atoms with Gasteiger partial charge in [0, 0.05) is 5.56 Å². The molecule has 0 aliphatic heterocycles. The molecule has 0 bridgehead atoms. The Bertz CT molecular complexity index is 1340. The van der Waals surface area contributed by atoms with Crippen LogP contribution in [-0.4, -0.2) is 23.0 Å². The van der Waals surface area contributed by atoms with Crippen molar-refractivity contribution in [2.75, 3.05) is 13.2 Å². The lowest BCUT2D eigenvalue weighted by Crippen LogP contribution is -2.12. The molecule has 0 amide bonds. The van der Waals surface area contributed by atoms with Gasteiger partial charge < -0.3 is 9.47 Å². The number of aryl methyl sites for hydroxylation is 4. The molecule has 0 saturated heterocycles. The molecule has 3 aromatic carbocycles. The number of nitrogens with zero attached hydrogens (tertiary/aromatic N) is 2. The van der Waals surface area contributed by atoms with Crippen LogP contribution in [0.15, 0.2) is 54.6 Å². The molecule has 0 aliphatic carbocycles. The first kappa shape index (κ1) is 24.8. The number of ether oxygens (including phenoxy) is 2. The zero-order valence-electron chi connectivity index (χ0n) is 20.8. The monoisotopic (exact) mass is 492 g/mol. The van der Waals surface area contributed by atoms with Crippen molar-refractivity contribution in [3.63, 3.8) is 0 Å². The van der Waals surface area contributed by atoms with Crippen molar-refractivity contribution in [1.29, 1.82) is 0 Å². The van der Waals surface area contributed by atoms with Crippen LogP contribution in [0.25, 0.3) is 22.4 Å². The largest absolute Gasteiger partial charge is 0.490 e. The Morgan fingerprint density at radius 1 is 0.829 bits per heavy atom. The number of halogens is 2. The van der Waals surface area contributed by atoms with Gasteiger partial charge in [-0.3, -0.25) is 0 Å². The van der Waals surface area contributed by atoms with E-state index in [4.69, 9.17) is 21.1 Å². The maximum Gasteiger partial charge on any atom is 0.249 e. The van der Waals surface area contributed by atoms with Gasteiger partial charge in [-0.1, -0.05) is 53.1 Å². The molecular formula is C29H30ClFN2O2. The van der Waals surface area contributed by atoms with Crippen LogP contribution in [0.1, 0.15) is 29.2 Å². The molecule has 6 heteroatoms. The van der Waals surface area contributed by atoms with Gasteiger partial charge in [-0.05, 0) is 81.1 Å². The lowest BCUT2D eigenvalue weighted by Gasteiger charge is -2.12. The smallest absolute Gasteiger partial charge is 0.249 e. The molecule has 1 heterocycles. The van der Waals surface area contributed by atoms with Gasteiger partial charge in [-0.25, -0.2) is 4.68 Å². The molecule has 0 saturated carbocycles. The van der Waals surface area contributed by atoms with E-state index in [2.05, 4.69) is 37.1 Å². The van der Waals surface area contributed by atoms with Crippen LogP contribution in [-0.2, 0) is 6.54 Å². The number of hydrogen-bond donors (Lipinski definition) is 0. The highest BCUT2D eigenvalue weighted by atomic mass is 35.5. The van der Waals surface area contributed by atoms with Gasteiger partial charge in [0.2, 0.25) is 11.7 Å². The molecule has 0 aliphatic rings. The Balaban J connectivity index is 1.51. The number of rotatable bonds is 8. The van der Waals surface area contributed by atoms with E-state index in [1.807, 2.05) is 57.2 Å². The molecule has 4 rings (SSSR count). The van der Waals surface area contributed by atoms with Crippen LogP contribution in [0.5, 0.6) is 11.6 Å². The fourth-order valence-electron chi connectivity index (χ4n) is 4.11. The van der Waals surface area contributed by atoms with E-state index in [9.17, 15) is 0 Å². The minimum absolute atomic E-state index is 0.112. The number of benzene rings is 3. The maximum atomic E-state index is 15.2. The van der Waals surface area contributed by atoms with Crippen molar-refractivity contribution in [3.05, 3.63) is 87.7 Å². The minimum atomic E-state index is -0.465. The van der Waals surface area contributed by atoms with E-state index in [-0.39, 0.29) is 18.2 Å². The summed E-state index contributed by atoms with van der Waals surface area (Å²) in [7, 11) is 0. The standard InChI is InChI=1S/C29H30ClFN2O2/c1-6-34-29-27(31)28(24-14-18(2)13-19(3)15-24)32-33(29)11-12-35-26-10-9-23(17-25(26)30)22-8-7-20(4)21(5)16-22/h7-10,13-17H,6,11-12H2,1-5H3. The van der Waals surface area contributed by atoms with Crippen molar-refractivity contribution in [2.24, 2.45) is 0 Å². The highest BCUT2D eigenvalue weighted by Crippen LogP contribution is 2.32. The average molecular weight is 493 g/mol. The molecule has 0 N–H and O–H groups in total. The van der Waals surface area contributed by atoms with Crippen molar-refractivity contribution in [2.45, 2.75) is 41.2 Å². The summed E-state index contributed by atoms with van der Waals surface area (Å²) in [4.78, 5) is 0. The maximum absolute atomic E-state index is 15.2. The second-order valence-electron chi connectivity index (χ2n) is 8.79. The number of aromatic nitrogens is 2. The molecule has 1 aromatic heterocycles. The second kappa shape index (κ2) is 10.5. The van der Waals surface area contributed by atoms with Crippen molar-refractivity contribution in [1.82, 2.24) is 9.78 Å². The van der Waals surface area contributed by atoms with Crippen molar-refractivity contribution >= 4 is 11.6 Å². The Labute approximate surface area is 211 Å². The average Bonchev–Trinajstić information content (AvgIpc) is 3.12. The fraction of sp³-hybridized carbons (Fsp3) is 0.276. The molecule has 182 valence electrons. The molecule has 0 unspecified atom stereocenters. The normalized spacial score (nSPS) is 11.1. The molecule has 0 radical (unpaired) electrons. The lowest BCUT2D eigenvalue weighted by molar-refractivity contribution is 0.253. The summed E-state index contributed by atoms with van der Waals surface area (Å²) >= 11 is 6.52. The zero-order chi connectivity index (χ0) is 25.1. The van der Waals surface area contributed by atoms with E-state index in [0.29, 0.717) is 23.9 Å². The zero-order valence-corrected chi connectivity index (χ0v) is 21.5. The Morgan fingerprint density at radius 3 is 2.17 bits per heavy atom. The number of hydrogen-bond acceptors (Lipinski definition) is 3. The molecule has 4 aromatic rings. The van der Waals surface area contributed by atoms with Gasteiger partial charge in [-0.2, -0.15) is 9.49 Å². The van der Waals surface area contributed by atoms with E-state index in [0.717, 1.165) is 27.8 Å². The molecule has 4 nitrogen and oxygen atoms in total. The topological polar surface area (TPSA) is 36.3 Å². The van der Waals surface area contributed by atoms with Crippen molar-refractivity contribution in [3.8, 4) is 34.0 Å². The summed E-state index contributed by atoms with van der Waals surface area (Å²) in [6.45, 7) is 10.9. The molecule has 0 spiro atoms. The van der Waals surface area contributed by atoms with Gasteiger partial charge >= 0.3 is 0 Å². The first-order valence-corrected chi connectivity index (χ1v) is 12.1. The Kier molecular flexibility index (Phi) is 7.46. The van der Waals surface area contributed by atoms with Gasteiger partial charge in [0.15, 0.2) is 0 Å². The van der Waals surface area contributed by atoms with Crippen LogP contribution in [0.2, 0.25) is 5.02 Å². The predicted molar refractivity (Wildman–Crippen MR) is 140 cm³/mol. The van der Waals surface area contributed by atoms with Crippen molar-refractivity contribution < 1.29 is 13.9 Å². The first-order valence-electron chi connectivity index (χ1n) is 11.7. The van der Waals surface area contributed by atoms with Crippen LogP contribution in [0.4, 0.5) is 4.39 Å². The quantitative estimate of drug-likeness (QED) is 0.252. The van der Waals surface area contributed by atoms with E-state index in [1.165, 1.54) is 15.8 Å². The van der Waals surface area contributed by atoms with Crippen LogP contribution < -0.4 is 9.47 Å². The van der Waals surface area contributed by atoms with Gasteiger partial charge in [0.25, 0.3) is 0 Å². The fourth-order valence-corrected chi connectivity index (χ4v) is 4.34. The summed E-state index contributed by atoms with van der Waals surface area (Å²) in [6, 6.07) is 18.0. The summed E-state index contributed by atoms with van der Waals surface area (Å²) in [5, 5.41) is 5.03. The lowest BCUT2D eigenvalue weighted by atomic mass is 10.0. The summed E-state index contributed by atoms with van der Waals surface area (Å²) in [5.74, 6) is 0.216. The molecule has 0 fully saturated rings. The third-order valence-electron chi connectivity index (χ3n) is 5.96. The molecule has 35 heavy (non-hydrogen) atoms. The Hall–Kier alpha value is -3.31. The third kappa shape index (κ3) is 5.51. The van der Waals surface area contributed by atoms with E-state index in [1.54, 1.807) is 0 Å². The summed E-state index contributed by atoms with van der Waals surface area (Å²) in [5.41, 5.74) is 7.72. The second-order valence-corrected chi connectivity index (χ2v) is 9.20. The Morgan fingerprint density at radius 2 is 1.51 bits per heavy atom. The summed E-state index contributed by atoms with van der Waals surface area (Å²) in [6.07, 6.45) is 0. The molecular weight excluding hydrogens is 463 g/mol. The van der Waals surface area contributed by atoms with Gasteiger partial charge in [0.1, 0.15) is 18.1 Å². The van der Waals surface area contributed by atoms with E-state index >= 15 is 4.39 Å². The minimum Gasteiger partial charge on any atom is -0.490 e. The third-order valence-corrected chi connectivity index (χ3v) is 6.26. The molecule has 0 atom stereocenters. The predicted octanol–water partition coefficient (Wildman–Crippen LogP) is 7.72. The van der Waals surface area contributed by atoms with Gasteiger partial charge in [-0.15, -0.1) is 0 Å². The van der Waals surface area contributed by atoms with Crippen LogP contribution in [0, 0.1) is 33.5 Å². The first-order chi connectivity index (χ1) is 16.8. The van der Waals surface area contributed by atoms with Crippen LogP contribution >= 0.6 is 11.6 Å². The summed E-state index contributed by atoms with van der Waals surface area (Å²) < 4.78 is 28.3.